The Morgan fingerprint density at radius 2 is 1.29 bits per heavy atom. The van der Waals surface area contributed by atoms with Crippen LogP contribution in [0.1, 0.15) is 0 Å². The second-order valence-corrected chi connectivity index (χ2v) is 6.96. The van der Waals surface area contributed by atoms with E-state index in [1.807, 2.05) is 0 Å². The van der Waals surface area contributed by atoms with Crippen LogP contribution in [0, 0.1) is 0 Å². The van der Waals surface area contributed by atoms with Gasteiger partial charge in [0.25, 0.3) is 0 Å². The van der Waals surface area contributed by atoms with Crippen molar-refractivity contribution in [1.82, 2.24) is 0 Å². The SMILES string of the molecule is COc1cccc2c1B(c1ccccc1)N(c1ccccc1)c1ccccc1-2. The first kappa shape index (κ1) is 16.7. The lowest BCUT2D eigenvalue weighted by Crippen LogP contribution is -2.57. The van der Waals surface area contributed by atoms with E-state index in [1.165, 1.54) is 33.4 Å². The topological polar surface area (TPSA) is 12.5 Å². The lowest BCUT2D eigenvalue weighted by molar-refractivity contribution is 0.418. The molecule has 0 unspecified atom stereocenters. The van der Waals surface area contributed by atoms with E-state index in [-0.39, 0.29) is 6.85 Å². The van der Waals surface area contributed by atoms with E-state index in [1.54, 1.807) is 7.11 Å². The zero-order chi connectivity index (χ0) is 18.9. The molecule has 0 bridgehead atoms. The summed E-state index contributed by atoms with van der Waals surface area (Å²) in [5.74, 6) is 0.918. The highest BCUT2D eigenvalue weighted by Crippen LogP contribution is 2.40. The van der Waals surface area contributed by atoms with Gasteiger partial charge >= 0.3 is 6.85 Å². The first-order chi connectivity index (χ1) is 13.9. The average molecular weight is 361 g/mol. The number of rotatable bonds is 3. The number of hydrogen-bond acceptors (Lipinski definition) is 2. The summed E-state index contributed by atoms with van der Waals surface area (Å²) in [6.45, 7) is 0.0321. The minimum Gasteiger partial charge on any atom is -0.497 e. The highest BCUT2D eigenvalue weighted by molar-refractivity contribution is 6.91. The van der Waals surface area contributed by atoms with Gasteiger partial charge in [0.2, 0.25) is 0 Å². The Morgan fingerprint density at radius 1 is 0.643 bits per heavy atom. The van der Waals surface area contributed by atoms with Crippen molar-refractivity contribution < 1.29 is 4.74 Å². The van der Waals surface area contributed by atoms with Crippen LogP contribution in [0.3, 0.4) is 0 Å². The Balaban J connectivity index is 1.87. The molecular weight excluding hydrogens is 341 g/mol. The summed E-state index contributed by atoms with van der Waals surface area (Å²) in [5, 5.41) is 0. The van der Waals surface area contributed by atoms with Crippen LogP contribution in [0.5, 0.6) is 5.75 Å². The van der Waals surface area contributed by atoms with Crippen LogP contribution >= 0.6 is 0 Å². The lowest BCUT2D eigenvalue weighted by Gasteiger charge is -2.39. The molecule has 134 valence electrons. The van der Waals surface area contributed by atoms with Gasteiger partial charge in [-0.2, -0.15) is 0 Å². The molecule has 2 nitrogen and oxygen atoms in total. The Hall–Kier alpha value is -3.46. The Kier molecular flexibility index (Phi) is 4.14. The standard InChI is InChI=1S/C25H20BNO/c1-28-24-18-10-16-22-21-15-8-9-17-23(21)27(20-13-6-3-7-14-20)26(25(22)24)19-11-4-2-5-12-19/h2-18H,1H3. The molecule has 0 spiro atoms. The predicted octanol–water partition coefficient (Wildman–Crippen LogP) is 4.62. The molecule has 0 saturated heterocycles. The molecule has 4 aromatic rings. The van der Waals surface area contributed by atoms with Gasteiger partial charge in [-0.1, -0.05) is 84.3 Å². The second kappa shape index (κ2) is 6.93. The normalized spacial score (nSPS) is 12.3. The number of anilines is 2. The third-order valence-corrected chi connectivity index (χ3v) is 5.42. The fourth-order valence-electron chi connectivity index (χ4n) is 4.25. The molecule has 0 amide bonds. The molecule has 0 aromatic heterocycles. The van der Waals surface area contributed by atoms with E-state index in [9.17, 15) is 0 Å². The largest absolute Gasteiger partial charge is 0.497 e. The van der Waals surface area contributed by atoms with E-state index in [4.69, 9.17) is 4.74 Å². The maximum Gasteiger partial charge on any atom is 0.332 e. The monoisotopic (exact) mass is 361 g/mol. The maximum atomic E-state index is 5.84. The highest BCUT2D eigenvalue weighted by atomic mass is 16.5. The maximum absolute atomic E-state index is 5.84. The second-order valence-electron chi connectivity index (χ2n) is 6.96. The fraction of sp³-hybridized carbons (Fsp3) is 0.0400. The first-order valence-corrected chi connectivity index (χ1v) is 9.54. The van der Waals surface area contributed by atoms with Crippen molar-refractivity contribution in [3.63, 3.8) is 0 Å². The Labute approximate surface area is 166 Å². The molecule has 0 N–H and O–H groups in total. The summed E-state index contributed by atoms with van der Waals surface area (Å²) in [6.07, 6.45) is 0. The van der Waals surface area contributed by atoms with Crippen molar-refractivity contribution in [3.8, 4) is 16.9 Å². The summed E-state index contributed by atoms with van der Waals surface area (Å²) in [6, 6.07) is 36.2. The van der Waals surface area contributed by atoms with Crippen molar-refractivity contribution in [1.29, 1.82) is 0 Å². The van der Waals surface area contributed by atoms with Gasteiger partial charge in [-0.05, 0) is 35.3 Å². The van der Waals surface area contributed by atoms with Crippen LogP contribution in [0.25, 0.3) is 11.1 Å². The predicted molar refractivity (Wildman–Crippen MR) is 118 cm³/mol. The van der Waals surface area contributed by atoms with Crippen LogP contribution in [-0.4, -0.2) is 14.0 Å². The number of para-hydroxylation sites is 2. The van der Waals surface area contributed by atoms with Gasteiger partial charge in [-0.15, -0.1) is 0 Å². The number of nitrogens with zero attached hydrogens (tertiary/aromatic N) is 1. The van der Waals surface area contributed by atoms with Crippen LogP contribution in [0.15, 0.2) is 103 Å². The molecular formula is C25H20BNO. The average Bonchev–Trinajstić information content (AvgIpc) is 2.79. The number of ether oxygens (including phenoxy) is 1. The molecule has 0 fully saturated rings. The Morgan fingerprint density at radius 3 is 2.04 bits per heavy atom. The van der Waals surface area contributed by atoms with Crippen molar-refractivity contribution in [3.05, 3.63) is 103 Å². The minimum atomic E-state index is 0.0321. The number of benzene rings is 4. The first-order valence-electron chi connectivity index (χ1n) is 9.54. The molecule has 3 heteroatoms. The van der Waals surface area contributed by atoms with Crippen LogP contribution in [-0.2, 0) is 0 Å². The Bertz CT molecular complexity index is 1110. The van der Waals surface area contributed by atoms with Crippen molar-refractivity contribution in [2.24, 2.45) is 0 Å². The molecule has 0 radical (unpaired) electrons. The van der Waals surface area contributed by atoms with Gasteiger partial charge in [0.1, 0.15) is 5.75 Å². The lowest BCUT2D eigenvalue weighted by atomic mass is 9.45. The molecule has 28 heavy (non-hydrogen) atoms. The summed E-state index contributed by atoms with van der Waals surface area (Å²) in [4.78, 5) is 2.43. The van der Waals surface area contributed by atoms with E-state index >= 15 is 0 Å². The quantitative estimate of drug-likeness (QED) is 0.494. The third kappa shape index (κ3) is 2.59. The fourth-order valence-corrected chi connectivity index (χ4v) is 4.25. The van der Waals surface area contributed by atoms with Crippen LogP contribution in [0.2, 0.25) is 0 Å². The zero-order valence-electron chi connectivity index (χ0n) is 15.7. The molecule has 0 atom stereocenters. The van der Waals surface area contributed by atoms with Crippen LogP contribution < -0.4 is 20.5 Å². The molecule has 4 aromatic carbocycles. The smallest absolute Gasteiger partial charge is 0.332 e. The van der Waals surface area contributed by atoms with Crippen molar-refractivity contribution in [2.45, 2.75) is 0 Å². The van der Waals surface area contributed by atoms with E-state index in [2.05, 4.69) is 108 Å². The molecule has 0 aliphatic carbocycles. The minimum absolute atomic E-state index is 0.0321. The number of methoxy groups -OCH3 is 1. The van der Waals surface area contributed by atoms with Gasteiger partial charge in [0, 0.05) is 16.9 Å². The van der Waals surface area contributed by atoms with Gasteiger partial charge in [-0.3, -0.25) is 0 Å². The molecule has 0 saturated carbocycles. The molecule has 1 heterocycles. The molecule has 1 aliphatic heterocycles. The summed E-state index contributed by atoms with van der Waals surface area (Å²) in [7, 11) is 1.75. The summed E-state index contributed by atoms with van der Waals surface area (Å²) >= 11 is 0. The number of fused-ring (bicyclic) bond motifs is 3. The highest BCUT2D eigenvalue weighted by Gasteiger charge is 2.38. The summed E-state index contributed by atoms with van der Waals surface area (Å²) < 4.78 is 5.84. The van der Waals surface area contributed by atoms with E-state index < -0.39 is 0 Å². The van der Waals surface area contributed by atoms with E-state index in [0.29, 0.717) is 0 Å². The third-order valence-electron chi connectivity index (χ3n) is 5.42. The van der Waals surface area contributed by atoms with Gasteiger partial charge in [0.15, 0.2) is 0 Å². The molecule has 1 aliphatic rings. The zero-order valence-corrected chi connectivity index (χ0v) is 15.7. The van der Waals surface area contributed by atoms with Gasteiger partial charge in [0.05, 0.1) is 7.11 Å². The summed E-state index contributed by atoms with van der Waals surface area (Å²) in [5.41, 5.74) is 7.29. The van der Waals surface area contributed by atoms with Gasteiger partial charge < -0.3 is 9.55 Å². The number of hydrogen-bond donors (Lipinski definition) is 0. The van der Waals surface area contributed by atoms with E-state index in [0.717, 1.165) is 5.75 Å². The molecule has 5 rings (SSSR count). The van der Waals surface area contributed by atoms with Crippen LogP contribution in [0.4, 0.5) is 11.4 Å². The van der Waals surface area contributed by atoms with Crippen molar-refractivity contribution in [2.75, 3.05) is 11.9 Å². The van der Waals surface area contributed by atoms with Gasteiger partial charge in [-0.25, -0.2) is 0 Å². The van der Waals surface area contributed by atoms with Crippen molar-refractivity contribution >= 4 is 29.1 Å².